The van der Waals surface area contributed by atoms with Crippen molar-refractivity contribution in [1.82, 2.24) is 10.3 Å². The molecule has 0 unspecified atom stereocenters. The second kappa shape index (κ2) is 6.58. The first-order chi connectivity index (χ1) is 10.7. The van der Waals surface area contributed by atoms with E-state index in [1.54, 1.807) is 0 Å². The second-order valence-corrected chi connectivity index (χ2v) is 5.80. The maximum Gasteiger partial charge on any atom is 0.261 e. The quantitative estimate of drug-likeness (QED) is 0.782. The van der Waals surface area contributed by atoms with Gasteiger partial charge in [-0.3, -0.25) is 4.79 Å². The summed E-state index contributed by atoms with van der Waals surface area (Å²) in [4.78, 5) is 17.1. The Kier molecular flexibility index (Phi) is 4.34. The fourth-order valence-electron chi connectivity index (χ4n) is 2.24. The van der Waals surface area contributed by atoms with E-state index in [-0.39, 0.29) is 5.91 Å². The molecule has 0 bridgehead atoms. The van der Waals surface area contributed by atoms with Gasteiger partial charge < -0.3 is 9.73 Å². The Morgan fingerprint density at radius 2 is 2.05 bits per heavy atom. The monoisotopic (exact) mass is 312 g/mol. The maximum atomic E-state index is 11.9. The van der Waals surface area contributed by atoms with Crippen molar-refractivity contribution in [1.29, 1.82) is 0 Å². The molecule has 112 valence electrons. The molecule has 5 heteroatoms. The fourth-order valence-corrected chi connectivity index (χ4v) is 2.88. The van der Waals surface area contributed by atoms with Gasteiger partial charge in [-0.05, 0) is 11.4 Å². The molecular formula is C17H16N2O2S. The highest BCUT2D eigenvalue weighted by Crippen LogP contribution is 2.23. The van der Waals surface area contributed by atoms with Crippen LogP contribution in [0.25, 0.3) is 11.3 Å². The van der Waals surface area contributed by atoms with E-state index in [9.17, 15) is 4.79 Å². The first-order valence-corrected chi connectivity index (χ1v) is 7.95. The summed E-state index contributed by atoms with van der Waals surface area (Å²) in [6, 6.07) is 13.6. The Hall–Kier alpha value is -2.40. The lowest BCUT2D eigenvalue weighted by Crippen LogP contribution is -2.24. The van der Waals surface area contributed by atoms with Gasteiger partial charge in [0.25, 0.3) is 5.91 Å². The summed E-state index contributed by atoms with van der Waals surface area (Å²) in [5.41, 5.74) is 1.88. The highest BCUT2D eigenvalue weighted by molar-refractivity contribution is 7.12. The fraction of sp³-hybridized carbons (Fsp3) is 0.176. The number of benzene rings is 1. The average Bonchev–Trinajstić information content (AvgIpc) is 3.18. The van der Waals surface area contributed by atoms with E-state index in [1.807, 2.05) is 54.8 Å². The van der Waals surface area contributed by atoms with Gasteiger partial charge in [0.1, 0.15) is 11.5 Å². The van der Waals surface area contributed by atoms with E-state index in [0.717, 1.165) is 21.9 Å². The normalized spacial score (nSPS) is 10.6. The number of thiophene rings is 1. The zero-order chi connectivity index (χ0) is 15.4. The lowest BCUT2D eigenvalue weighted by Gasteiger charge is -2.03. The molecule has 3 aromatic rings. The molecule has 0 aliphatic heterocycles. The van der Waals surface area contributed by atoms with Crippen LogP contribution in [0.3, 0.4) is 0 Å². The lowest BCUT2D eigenvalue weighted by atomic mass is 10.1. The van der Waals surface area contributed by atoms with Gasteiger partial charge in [-0.1, -0.05) is 36.4 Å². The molecule has 0 saturated carbocycles. The number of carbonyl (C=O) groups is 1. The van der Waals surface area contributed by atoms with E-state index >= 15 is 0 Å². The van der Waals surface area contributed by atoms with Gasteiger partial charge in [0.2, 0.25) is 0 Å². The van der Waals surface area contributed by atoms with Crippen LogP contribution in [0.15, 0.2) is 52.3 Å². The minimum Gasteiger partial charge on any atom is -0.445 e. The van der Waals surface area contributed by atoms with E-state index in [4.69, 9.17) is 4.42 Å². The molecule has 4 nitrogen and oxygen atoms in total. The summed E-state index contributed by atoms with van der Waals surface area (Å²) in [7, 11) is 0. The Balaban J connectivity index is 1.67. The Morgan fingerprint density at radius 3 is 2.77 bits per heavy atom. The van der Waals surface area contributed by atoms with Crippen molar-refractivity contribution in [3.8, 4) is 11.3 Å². The van der Waals surface area contributed by atoms with Gasteiger partial charge in [0, 0.05) is 25.5 Å². The van der Waals surface area contributed by atoms with Crippen LogP contribution in [0.2, 0.25) is 0 Å². The van der Waals surface area contributed by atoms with E-state index in [1.165, 1.54) is 11.3 Å². The number of carbonyl (C=O) groups excluding carboxylic acids is 1. The molecule has 0 aliphatic carbocycles. The number of amides is 1. The van der Waals surface area contributed by atoms with Crippen LogP contribution in [0.5, 0.6) is 0 Å². The maximum absolute atomic E-state index is 11.9. The summed E-state index contributed by atoms with van der Waals surface area (Å²) < 4.78 is 5.68. The summed E-state index contributed by atoms with van der Waals surface area (Å²) in [6.45, 7) is 2.35. The van der Waals surface area contributed by atoms with Crippen LogP contribution in [-0.2, 0) is 6.42 Å². The van der Waals surface area contributed by atoms with Crippen LogP contribution in [0, 0.1) is 6.92 Å². The van der Waals surface area contributed by atoms with E-state index < -0.39 is 0 Å². The van der Waals surface area contributed by atoms with Crippen LogP contribution in [-0.4, -0.2) is 17.4 Å². The smallest absolute Gasteiger partial charge is 0.261 e. The first kappa shape index (κ1) is 14.5. The van der Waals surface area contributed by atoms with E-state index in [2.05, 4.69) is 10.3 Å². The van der Waals surface area contributed by atoms with E-state index in [0.29, 0.717) is 18.9 Å². The predicted octanol–water partition coefficient (Wildman–Crippen LogP) is 3.68. The third kappa shape index (κ3) is 3.26. The molecule has 22 heavy (non-hydrogen) atoms. The van der Waals surface area contributed by atoms with Crippen LogP contribution in [0.4, 0.5) is 0 Å². The molecule has 2 aromatic heterocycles. The van der Waals surface area contributed by atoms with Gasteiger partial charge in [0.05, 0.1) is 4.88 Å². The molecular weight excluding hydrogens is 296 g/mol. The first-order valence-electron chi connectivity index (χ1n) is 7.07. The lowest BCUT2D eigenvalue weighted by molar-refractivity contribution is 0.0958. The zero-order valence-corrected chi connectivity index (χ0v) is 13.0. The average molecular weight is 312 g/mol. The Morgan fingerprint density at radius 1 is 1.23 bits per heavy atom. The van der Waals surface area contributed by atoms with Crippen molar-refractivity contribution >= 4 is 17.2 Å². The second-order valence-electron chi connectivity index (χ2n) is 4.85. The summed E-state index contributed by atoms with van der Waals surface area (Å²) in [5, 5.41) is 4.80. The van der Waals surface area contributed by atoms with Gasteiger partial charge in [0.15, 0.2) is 5.89 Å². The molecule has 1 aromatic carbocycles. The molecule has 0 radical (unpaired) electrons. The largest absolute Gasteiger partial charge is 0.445 e. The summed E-state index contributed by atoms with van der Waals surface area (Å²) >= 11 is 1.43. The number of rotatable bonds is 5. The number of nitrogens with zero attached hydrogens (tertiary/aromatic N) is 1. The SMILES string of the molecule is Cc1nc(-c2ccccc2)c(CCNC(=O)c2cccs2)o1. The van der Waals surface area contributed by atoms with Crippen molar-refractivity contribution in [3.63, 3.8) is 0 Å². The third-order valence-corrected chi connectivity index (χ3v) is 4.10. The van der Waals surface area contributed by atoms with Crippen molar-refractivity contribution in [3.05, 3.63) is 64.4 Å². The number of nitrogens with one attached hydrogen (secondary N) is 1. The molecule has 0 aliphatic rings. The van der Waals surface area contributed by atoms with Crippen molar-refractivity contribution in [2.75, 3.05) is 6.54 Å². The minimum atomic E-state index is -0.0486. The topological polar surface area (TPSA) is 55.1 Å². The van der Waals surface area contributed by atoms with Crippen LogP contribution >= 0.6 is 11.3 Å². The predicted molar refractivity (Wildman–Crippen MR) is 87.0 cm³/mol. The minimum absolute atomic E-state index is 0.0486. The molecule has 1 amide bonds. The van der Waals surface area contributed by atoms with Gasteiger partial charge in [-0.25, -0.2) is 4.98 Å². The Labute approximate surface area is 132 Å². The molecule has 0 atom stereocenters. The molecule has 3 rings (SSSR count). The highest BCUT2D eigenvalue weighted by atomic mass is 32.1. The molecule has 2 heterocycles. The van der Waals surface area contributed by atoms with Gasteiger partial charge >= 0.3 is 0 Å². The number of oxazole rings is 1. The highest BCUT2D eigenvalue weighted by Gasteiger charge is 2.13. The summed E-state index contributed by atoms with van der Waals surface area (Å²) in [5.74, 6) is 1.39. The number of aromatic nitrogens is 1. The zero-order valence-electron chi connectivity index (χ0n) is 12.2. The number of hydrogen-bond acceptors (Lipinski definition) is 4. The Bertz CT molecular complexity index is 748. The molecule has 0 fully saturated rings. The number of aryl methyl sites for hydroxylation is 1. The molecule has 0 saturated heterocycles. The van der Waals surface area contributed by atoms with Crippen molar-refractivity contribution in [2.24, 2.45) is 0 Å². The van der Waals surface area contributed by atoms with Crippen LogP contribution < -0.4 is 5.32 Å². The van der Waals surface area contributed by atoms with Crippen LogP contribution in [0.1, 0.15) is 21.3 Å². The third-order valence-electron chi connectivity index (χ3n) is 3.23. The van der Waals surface area contributed by atoms with Gasteiger partial charge in [-0.2, -0.15) is 0 Å². The van der Waals surface area contributed by atoms with Gasteiger partial charge in [-0.15, -0.1) is 11.3 Å². The molecule has 1 N–H and O–H groups in total. The number of hydrogen-bond donors (Lipinski definition) is 1. The van der Waals surface area contributed by atoms with Crippen molar-refractivity contribution < 1.29 is 9.21 Å². The molecule has 0 spiro atoms. The summed E-state index contributed by atoms with van der Waals surface area (Å²) in [6.07, 6.45) is 0.613. The standard InChI is InChI=1S/C17H16N2O2S/c1-12-19-16(13-6-3-2-4-7-13)14(21-12)9-10-18-17(20)15-8-5-11-22-15/h2-8,11H,9-10H2,1H3,(H,18,20). The van der Waals surface area contributed by atoms with Crippen molar-refractivity contribution in [2.45, 2.75) is 13.3 Å².